The van der Waals surface area contributed by atoms with E-state index in [0.717, 1.165) is 6.08 Å². The summed E-state index contributed by atoms with van der Waals surface area (Å²) in [5, 5.41) is 11.4. The number of ketones is 2. The number of aliphatic hydroxyl groups excluding tert-OH is 1. The van der Waals surface area contributed by atoms with E-state index < -0.39 is 84.1 Å². The van der Waals surface area contributed by atoms with Crippen LogP contribution in [0.1, 0.15) is 47.0 Å². The number of hydrogen-bond acceptors (Lipinski definition) is 7. The summed E-state index contributed by atoms with van der Waals surface area (Å²) >= 11 is 0. The topological polar surface area (TPSA) is 140 Å². The Balaban J connectivity index is 1.61. The number of ether oxygens (including phenoxy) is 2. The number of allylic oxidation sites excluding steroid dienone is 4. The molecule has 200 valence electrons. The van der Waals surface area contributed by atoms with Gasteiger partial charge in [0.05, 0.1) is 12.2 Å². The fraction of sp³-hybridized carbons (Fsp3) is 0.750. The van der Waals surface area contributed by atoms with E-state index in [1.165, 1.54) is 19.1 Å². The van der Waals surface area contributed by atoms with Gasteiger partial charge in [0.2, 0.25) is 0 Å². The molecule has 0 amide bonds. The summed E-state index contributed by atoms with van der Waals surface area (Å²) in [7, 11) is -4.99. The van der Waals surface area contributed by atoms with Gasteiger partial charge >= 0.3 is 7.82 Å². The van der Waals surface area contributed by atoms with Crippen LogP contribution >= 0.6 is 7.82 Å². The molecule has 3 N–H and O–H groups in total. The fourth-order valence-corrected chi connectivity index (χ4v) is 8.34. The van der Waals surface area contributed by atoms with E-state index in [2.05, 4.69) is 4.52 Å². The lowest BCUT2D eigenvalue weighted by Gasteiger charge is -2.63. The first-order valence-corrected chi connectivity index (χ1v) is 13.5. The number of hydrogen-bond donors (Lipinski definition) is 3. The van der Waals surface area contributed by atoms with Gasteiger partial charge < -0.3 is 24.4 Å². The molecule has 0 aromatic rings. The maximum absolute atomic E-state index is 17.3. The number of halogens is 2. The first kappa shape index (κ1) is 26.3. The van der Waals surface area contributed by atoms with Gasteiger partial charge in [0.15, 0.2) is 28.6 Å². The second kappa shape index (κ2) is 7.62. The van der Waals surface area contributed by atoms with Gasteiger partial charge in [-0.3, -0.25) is 14.1 Å². The third-order valence-corrected chi connectivity index (χ3v) is 9.86. The molecule has 5 rings (SSSR count). The number of fused-ring (bicyclic) bond motifs is 7. The van der Waals surface area contributed by atoms with Crippen LogP contribution in [-0.2, 0) is 28.2 Å². The standard InChI is InChI=1S/C24H31F2O9P/c1-20(2)34-19-9-13-14-8-16(25)15-7-12(27)5-6-21(15,3)23(14,26)17(28)10-22(13,4)24(19,35-20)18(29)11-33-36(30,31)32/h5-7,13-14,16-17,19,28H,8-11H2,1-4H3,(H2,30,31,32)/t13-,14-,16-,17-,19+,21-,22-,23-,24+/m0/s1. The molecule has 1 heterocycles. The third-order valence-electron chi connectivity index (χ3n) is 9.40. The highest BCUT2D eigenvalue weighted by Gasteiger charge is 2.80. The van der Waals surface area contributed by atoms with E-state index in [1.54, 1.807) is 20.8 Å². The number of aliphatic hydroxyl groups is 1. The molecular formula is C24H31F2O9P. The summed E-state index contributed by atoms with van der Waals surface area (Å²) in [5.41, 5.74) is -7.01. The lowest BCUT2D eigenvalue weighted by atomic mass is 9.44. The minimum Gasteiger partial charge on any atom is -0.390 e. The van der Waals surface area contributed by atoms with E-state index in [9.17, 15) is 19.3 Å². The molecule has 0 bridgehead atoms. The van der Waals surface area contributed by atoms with Crippen LogP contribution in [0.3, 0.4) is 0 Å². The predicted molar refractivity (Wildman–Crippen MR) is 120 cm³/mol. The van der Waals surface area contributed by atoms with Gasteiger partial charge in [-0.25, -0.2) is 13.3 Å². The summed E-state index contributed by atoms with van der Waals surface area (Å²) in [6.07, 6.45) is -1.09. The second-order valence-corrected chi connectivity index (χ2v) is 12.9. The van der Waals surface area contributed by atoms with Crippen molar-refractivity contribution < 1.29 is 51.8 Å². The van der Waals surface area contributed by atoms with Gasteiger partial charge in [0.25, 0.3) is 0 Å². The van der Waals surface area contributed by atoms with Gasteiger partial charge in [-0.1, -0.05) is 13.0 Å². The SMILES string of the molecule is CC1(C)O[C@@H]2C[C@H]3[C@@H]4C[C@H](F)C5=CC(=O)C=C[C@]5(C)[C@@]4(F)[C@@H](O)C[C@]3(C)[C@]2(C(=O)COP(=O)(O)O)O1. The van der Waals surface area contributed by atoms with E-state index in [1.807, 2.05) is 0 Å². The minimum atomic E-state index is -4.99. The molecule has 9 nitrogen and oxygen atoms in total. The van der Waals surface area contributed by atoms with Crippen LogP contribution < -0.4 is 0 Å². The highest BCUT2D eigenvalue weighted by Crippen LogP contribution is 2.72. The highest BCUT2D eigenvalue weighted by molar-refractivity contribution is 7.46. The van der Waals surface area contributed by atoms with Gasteiger partial charge in [-0.2, -0.15) is 0 Å². The molecule has 0 aromatic heterocycles. The number of carbonyl (C=O) groups is 2. The molecule has 36 heavy (non-hydrogen) atoms. The van der Waals surface area contributed by atoms with E-state index >= 15 is 8.78 Å². The van der Waals surface area contributed by atoms with Crippen LogP contribution in [0, 0.1) is 22.7 Å². The Kier molecular flexibility index (Phi) is 5.56. The monoisotopic (exact) mass is 532 g/mol. The molecule has 4 aliphatic carbocycles. The van der Waals surface area contributed by atoms with Crippen LogP contribution in [0.15, 0.2) is 23.8 Å². The smallest absolute Gasteiger partial charge is 0.390 e. The minimum absolute atomic E-state index is 0.0101. The van der Waals surface area contributed by atoms with Crippen molar-refractivity contribution >= 4 is 19.4 Å². The highest BCUT2D eigenvalue weighted by atomic mass is 31.2. The zero-order valence-corrected chi connectivity index (χ0v) is 21.3. The molecule has 1 saturated heterocycles. The lowest BCUT2D eigenvalue weighted by Crippen LogP contribution is -2.71. The van der Waals surface area contributed by atoms with Crippen LogP contribution in [0.25, 0.3) is 0 Å². The summed E-state index contributed by atoms with van der Waals surface area (Å²) in [6, 6.07) is 0. The number of carbonyl (C=O) groups excluding carboxylic acids is 2. The summed E-state index contributed by atoms with van der Waals surface area (Å²) in [4.78, 5) is 43.9. The van der Waals surface area contributed by atoms with Gasteiger partial charge in [-0.15, -0.1) is 0 Å². The Hall–Kier alpha value is -1.33. The largest absolute Gasteiger partial charge is 0.470 e. The van der Waals surface area contributed by atoms with E-state index in [-0.39, 0.29) is 24.8 Å². The quantitative estimate of drug-likeness (QED) is 0.466. The molecule has 0 unspecified atom stereocenters. The second-order valence-electron chi connectivity index (χ2n) is 11.6. The predicted octanol–water partition coefficient (Wildman–Crippen LogP) is 2.48. The molecule has 0 spiro atoms. The Morgan fingerprint density at radius 2 is 1.89 bits per heavy atom. The molecule has 5 aliphatic rings. The Morgan fingerprint density at radius 3 is 2.53 bits per heavy atom. The summed E-state index contributed by atoms with van der Waals surface area (Å²) < 4.78 is 60.9. The molecule has 3 saturated carbocycles. The molecule has 12 heteroatoms. The molecule has 0 radical (unpaired) electrons. The van der Waals surface area contributed by atoms with E-state index in [0.29, 0.717) is 0 Å². The van der Waals surface area contributed by atoms with Crippen LogP contribution in [0.5, 0.6) is 0 Å². The van der Waals surface area contributed by atoms with Crippen LogP contribution in [-0.4, -0.2) is 68.5 Å². The van der Waals surface area contributed by atoms with Crippen molar-refractivity contribution in [3.63, 3.8) is 0 Å². The number of alkyl halides is 2. The summed E-state index contributed by atoms with van der Waals surface area (Å²) in [5.74, 6) is -4.25. The average molecular weight is 532 g/mol. The summed E-state index contributed by atoms with van der Waals surface area (Å²) in [6.45, 7) is 5.32. The zero-order chi connectivity index (χ0) is 26.7. The maximum atomic E-state index is 17.3. The lowest BCUT2D eigenvalue weighted by molar-refractivity contribution is -0.248. The molecule has 0 aromatic carbocycles. The van der Waals surface area contributed by atoms with Crippen molar-refractivity contribution in [3.8, 4) is 0 Å². The Bertz CT molecular complexity index is 1130. The van der Waals surface area contributed by atoms with Crippen molar-refractivity contribution in [2.45, 2.75) is 82.4 Å². The molecule has 9 atom stereocenters. The van der Waals surface area contributed by atoms with Crippen LogP contribution in [0.2, 0.25) is 0 Å². The van der Waals surface area contributed by atoms with Crippen molar-refractivity contribution in [2.24, 2.45) is 22.7 Å². The first-order valence-electron chi connectivity index (χ1n) is 12.0. The Labute approximate surface area is 207 Å². The Morgan fingerprint density at radius 1 is 1.22 bits per heavy atom. The van der Waals surface area contributed by atoms with Gasteiger partial charge in [-0.05, 0) is 63.7 Å². The van der Waals surface area contributed by atoms with Crippen LogP contribution in [0.4, 0.5) is 8.78 Å². The van der Waals surface area contributed by atoms with Crippen molar-refractivity contribution in [3.05, 3.63) is 23.8 Å². The van der Waals surface area contributed by atoms with Crippen molar-refractivity contribution in [1.29, 1.82) is 0 Å². The molecule has 1 aliphatic heterocycles. The van der Waals surface area contributed by atoms with Crippen molar-refractivity contribution in [1.82, 2.24) is 0 Å². The molecular weight excluding hydrogens is 501 g/mol. The zero-order valence-electron chi connectivity index (χ0n) is 20.4. The maximum Gasteiger partial charge on any atom is 0.470 e. The average Bonchev–Trinajstić information content (AvgIpc) is 3.16. The van der Waals surface area contributed by atoms with Crippen molar-refractivity contribution in [2.75, 3.05) is 6.61 Å². The van der Waals surface area contributed by atoms with E-state index in [4.69, 9.17) is 19.3 Å². The first-order chi connectivity index (χ1) is 16.4. The number of phosphoric acid groups is 1. The third kappa shape index (κ3) is 3.23. The fourth-order valence-electron chi connectivity index (χ4n) is 8.05. The van der Waals surface area contributed by atoms with Gasteiger partial charge in [0.1, 0.15) is 12.8 Å². The van der Waals surface area contributed by atoms with Gasteiger partial charge in [0, 0.05) is 16.7 Å². The number of rotatable bonds is 4. The number of Topliss-reactive ketones (excluding diaryl/α,β-unsaturated/α-hetero) is 1. The molecule has 4 fully saturated rings. The number of phosphoric ester groups is 1. The normalized spacial score (nSPS) is 49.1.